The molecule has 24 heavy (non-hydrogen) atoms. The second kappa shape index (κ2) is 5.96. The van der Waals surface area contributed by atoms with Crippen LogP contribution < -0.4 is 4.74 Å². The number of carbonyl (C=O) groups is 1. The van der Waals surface area contributed by atoms with Crippen molar-refractivity contribution < 1.29 is 9.53 Å². The Kier molecular flexibility index (Phi) is 4.11. The number of likely N-dealkylation sites (N-methyl/N-ethyl adjacent to an activating group) is 1. The summed E-state index contributed by atoms with van der Waals surface area (Å²) < 4.78 is 7.09. The van der Waals surface area contributed by atoms with Crippen LogP contribution in [-0.2, 0) is 16.8 Å². The van der Waals surface area contributed by atoms with E-state index >= 15 is 0 Å². The second-order valence-electron chi connectivity index (χ2n) is 7.19. The van der Waals surface area contributed by atoms with Gasteiger partial charge in [0.1, 0.15) is 5.75 Å². The van der Waals surface area contributed by atoms with Crippen molar-refractivity contribution in [3.8, 4) is 5.75 Å². The maximum absolute atomic E-state index is 13.2. The summed E-state index contributed by atoms with van der Waals surface area (Å²) in [5.74, 6) is 0.997. The van der Waals surface area contributed by atoms with Crippen LogP contribution in [0.15, 0.2) is 42.7 Å². The third-order valence-electron chi connectivity index (χ3n) is 5.26. The largest absolute Gasteiger partial charge is 0.497 e. The zero-order valence-electron chi connectivity index (χ0n) is 14.8. The van der Waals surface area contributed by atoms with Gasteiger partial charge in [0.05, 0.1) is 19.1 Å². The summed E-state index contributed by atoms with van der Waals surface area (Å²) in [6.45, 7) is 5.68. The van der Waals surface area contributed by atoms with Crippen molar-refractivity contribution in [3.05, 3.63) is 48.3 Å². The first-order valence-electron chi connectivity index (χ1n) is 8.28. The van der Waals surface area contributed by atoms with E-state index in [4.69, 9.17) is 4.74 Å². The lowest BCUT2D eigenvalue weighted by atomic mass is 9.86. The highest BCUT2D eigenvalue weighted by atomic mass is 16.5. The Bertz CT molecular complexity index is 707. The van der Waals surface area contributed by atoms with Gasteiger partial charge >= 0.3 is 0 Å². The van der Waals surface area contributed by atoms with Crippen LogP contribution in [0.4, 0.5) is 0 Å². The smallest absolute Gasteiger partial charge is 0.233 e. The molecule has 1 unspecified atom stereocenters. The Morgan fingerprint density at radius 2 is 2.00 bits per heavy atom. The third-order valence-corrected chi connectivity index (χ3v) is 5.26. The predicted octanol–water partition coefficient (Wildman–Crippen LogP) is 2.72. The quantitative estimate of drug-likeness (QED) is 0.819. The monoisotopic (exact) mass is 327 g/mol. The SMILES string of the molecule is COc1ccc(C2(C(=O)N(C)CCn3cccn3)CC2(C)C)cc1. The Morgan fingerprint density at radius 3 is 2.50 bits per heavy atom. The van der Waals surface area contributed by atoms with E-state index in [9.17, 15) is 4.79 Å². The normalized spacial score (nSPS) is 21.3. The van der Waals surface area contributed by atoms with Crippen LogP contribution in [-0.4, -0.2) is 41.3 Å². The van der Waals surface area contributed by atoms with Crippen molar-refractivity contribution in [3.63, 3.8) is 0 Å². The number of hydrogen-bond donors (Lipinski definition) is 0. The molecule has 0 aliphatic heterocycles. The average Bonchev–Trinajstić information content (AvgIpc) is 2.93. The van der Waals surface area contributed by atoms with Crippen molar-refractivity contribution in [1.29, 1.82) is 0 Å². The van der Waals surface area contributed by atoms with E-state index in [0.29, 0.717) is 13.1 Å². The Labute approximate surface area is 143 Å². The molecule has 0 bridgehead atoms. The van der Waals surface area contributed by atoms with E-state index in [0.717, 1.165) is 17.7 Å². The lowest BCUT2D eigenvalue weighted by molar-refractivity contribution is -0.133. The number of benzene rings is 1. The fourth-order valence-electron chi connectivity index (χ4n) is 3.59. The highest BCUT2D eigenvalue weighted by Crippen LogP contribution is 2.65. The lowest BCUT2D eigenvalue weighted by Crippen LogP contribution is -2.40. The number of aromatic nitrogens is 2. The minimum absolute atomic E-state index is 0.0291. The fraction of sp³-hybridized carbons (Fsp3) is 0.474. The van der Waals surface area contributed by atoms with E-state index < -0.39 is 5.41 Å². The molecule has 1 heterocycles. The molecule has 0 spiro atoms. The minimum Gasteiger partial charge on any atom is -0.497 e. The van der Waals surface area contributed by atoms with Crippen LogP contribution >= 0.6 is 0 Å². The maximum atomic E-state index is 13.2. The topological polar surface area (TPSA) is 47.4 Å². The summed E-state index contributed by atoms with van der Waals surface area (Å²) in [5, 5.41) is 4.20. The molecule has 1 saturated carbocycles. The number of carbonyl (C=O) groups excluding carboxylic acids is 1. The van der Waals surface area contributed by atoms with Crippen molar-refractivity contribution in [2.24, 2.45) is 5.41 Å². The van der Waals surface area contributed by atoms with Crippen molar-refractivity contribution in [2.45, 2.75) is 32.2 Å². The van der Waals surface area contributed by atoms with Crippen LogP contribution in [0.2, 0.25) is 0 Å². The first-order valence-corrected chi connectivity index (χ1v) is 8.28. The number of hydrogen-bond acceptors (Lipinski definition) is 3. The second-order valence-corrected chi connectivity index (χ2v) is 7.19. The first-order chi connectivity index (χ1) is 11.4. The molecule has 1 aromatic carbocycles. The van der Waals surface area contributed by atoms with E-state index in [2.05, 4.69) is 18.9 Å². The number of rotatable bonds is 6. The summed E-state index contributed by atoms with van der Waals surface area (Å²) in [7, 11) is 3.53. The molecule has 2 aromatic rings. The van der Waals surface area contributed by atoms with Crippen LogP contribution in [0.3, 0.4) is 0 Å². The van der Waals surface area contributed by atoms with Crippen LogP contribution in [0.1, 0.15) is 25.8 Å². The number of methoxy groups -OCH3 is 1. The van der Waals surface area contributed by atoms with Gasteiger partial charge in [0.15, 0.2) is 0 Å². The molecule has 1 aliphatic rings. The van der Waals surface area contributed by atoms with E-state index in [1.165, 1.54) is 0 Å². The van der Waals surface area contributed by atoms with E-state index in [1.807, 2.05) is 53.2 Å². The fourth-order valence-corrected chi connectivity index (χ4v) is 3.59. The molecule has 128 valence electrons. The molecule has 5 nitrogen and oxygen atoms in total. The summed E-state index contributed by atoms with van der Waals surface area (Å²) in [5.41, 5.74) is 0.612. The Morgan fingerprint density at radius 1 is 1.33 bits per heavy atom. The highest BCUT2D eigenvalue weighted by Gasteiger charge is 2.67. The summed E-state index contributed by atoms with van der Waals surface area (Å²) in [6.07, 6.45) is 4.54. The first kappa shape index (κ1) is 16.6. The average molecular weight is 327 g/mol. The van der Waals surface area contributed by atoms with Crippen molar-refractivity contribution in [2.75, 3.05) is 20.7 Å². The van der Waals surface area contributed by atoms with Crippen LogP contribution in [0.5, 0.6) is 5.75 Å². The Balaban J connectivity index is 1.78. The molecule has 0 N–H and O–H groups in total. The molecule has 3 rings (SSSR count). The van der Waals surface area contributed by atoms with Crippen LogP contribution in [0, 0.1) is 5.41 Å². The summed E-state index contributed by atoms with van der Waals surface area (Å²) in [4.78, 5) is 15.1. The molecular formula is C19H25N3O2. The number of nitrogens with zero attached hydrogens (tertiary/aromatic N) is 3. The van der Waals surface area contributed by atoms with Gasteiger partial charge in [-0.2, -0.15) is 5.10 Å². The van der Waals surface area contributed by atoms with E-state index in [-0.39, 0.29) is 11.3 Å². The molecule has 1 atom stereocenters. The molecule has 1 aromatic heterocycles. The third kappa shape index (κ3) is 2.68. The van der Waals surface area contributed by atoms with Crippen molar-refractivity contribution in [1.82, 2.24) is 14.7 Å². The molecule has 5 heteroatoms. The summed E-state index contributed by atoms with van der Waals surface area (Å²) >= 11 is 0. The molecule has 1 amide bonds. The van der Waals surface area contributed by atoms with E-state index in [1.54, 1.807) is 13.3 Å². The zero-order chi connectivity index (χ0) is 17.4. The molecule has 0 radical (unpaired) electrons. The molecule has 0 saturated heterocycles. The van der Waals surface area contributed by atoms with Crippen molar-refractivity contribution >= 4 is 5.91 Å². The van der Waals surface area contributed by atoms with Gasteiger partial charge in [-0.3, -0.25) is 9.48 Å². The van der Waals surface area contributed by atoms with Gasteiger partial charge in [-0.15, -0.1) is 0 Å². The predicted molar refractivity (Wildman–Crippen MR) is 92.9 cm³/mol. The Hall–Kier alpha value is -2.30. The van der Waals surface area contributed by atoms with Gasteiger partial charge in [-0.05, 0) is 35.6 Å². The molecular weight excluding hydrogens is 302 g/mol. The van der Waals surface area contributed by atoms with Gasteiger partial charge in [0.2, 0.25) is 5.91 Å². The van der Waals surface area contributed by atoms with Gasteiger partial charge in [0, 0.05) is 26.0 Å². The van der Waals surface area contributed by atoms with Gasteiger partial charge in [-0.1, -0.05) is 26.0 Å². The zero-order valence-corrected chi connectivity index (χ0v) is 14.8. The van der Waals surface area contributed by atoms with Gasteiger partial charge < -0.3 is 9.64 Å². The van der Waals surface area contributed by atoms with Gasteiger partial charge in [-0.25, -0.2) is 0 Å². The maximum Gasteiger partial charge on any atom is 0.233 e. The van der Waals surface area contributed by atoms with Gasteiger partial charge in [0.25, 0.3) is 0 Å². The number of amides is 1. The lowest BCUT2D eigenvalue weighted by Gasteiger charge is -2.27. The molecule has 1 aliphatic carbocycles. The standard InChI is InChI=1S/C19H25N3O2/c1-18(2)14-19(18,15-6-8-16(24-4)9-7-15)17(23)21(3)12-13-22-11-5-10-20-22/h5-11H,12-14H2,1-4H3. The summed E-state index contributed by atoms with van der Waals surface area (Å²) in [6, 6.07) is 9.80. The minimum atomic E-state index is -0.432. The molecule has 1 fully saturated rings. The number of ether oxygens (including phenoxy) is 1. The highest BCUT2D eigenvalue weighted by molar-refractivity contribution is 5.93. The van der Waals surface area contributed by atoms with Crippen LogP contribution in [0.25, 0.3) is 0 Å².